The van der Waals surface area contributed by atoms with Gasteiger partial charge in [0.1, 0.15) is 12.4 Å². The molecular weight excluding hydrogens is 389 g/mol. The van der Waals surface area contributed by atoms with E-state index < -0.39 is 17.7 Å². The number of esters is 1. The summed E-state index contributed by atoms with van der Waals surface area (Å²) in [4.78, 5) is 16.2. The van der Waals surface area contributed by atoms with Crippen LogP contribution in [0.3, 0.4) is 0 Å². The standard InChI is InChI=1S/C20H13F3N2O4/c21-20(22,23)15-6-3-5-13(9-15)18-24-17(29-25-18)11-28-19(26)14-8-12-4-1-2-7-16(12)27-10-14/h1-9H,10-11H2. The van der Waals surface area contributed by atoms with Gasteiger partial charge in [0, 0.05) is 11.1 Å². The summed E-state index contributed by atoms with van der Waals surface area (Å²) >= 11 is 0. The van der Waals surface area contributed by atoms with Crippen LogP contribution in [-0.4, -0.2) is 22.7 Å². The summed E-state index contributed by atoms with van der Waals surface area (Å²) in [7, 11) is 0. The zero-order chi connectivity index (χ0) is 20.4. The number of hydrogen-bond acceptors (Lipinski definition) is 6. The zero-order valence-corrected chi connectivity index (χ0v) is 14.8. The topological polar surface area (TPSA) is 74.5 Å². The number of carbonyl (C=O) groups excluding carboxylic acids is 1. The van der Waals surface area contributed by atoms with Gasteiger partial charge in [-0.1, -0.05) is 35.5 Å². The first-order chi connectivity index (χ1) is 13.9. The number of rotatable bonds is 4. The Labute approximate surface area is 162 Å². The summed E-state index contributed by atoms with van der Waals surface area (Å²) in [5.74, 6) is -0.00946. The summed E-state index contributed by atoms with van der Waals surface area (Å²) in [5, 5.41) is 3.65. The first-order valence-corrected chi connectivity index (χ1v) is 8.50. The lowest BCUT2D eigenvalue weighted by atomic mass is 10.1. The van der Waals surface area contributed by atoms with Crippen molar-refractivity contribution in [3.05, 3.63) is 71.1 Å². The number of para-hydroxylation sites is 1. The van der Waals surface area contributed by atoms with E-state index in [0.717, 1.165) is 17.7 Å². The monoisotopic (exact) mass is 402 g/mol. The van der Waals surface area contributed by atoms with E-state index in [1.807, 2.05) is 12.1 Å². The average molecular weight is 402 g/mol. The molecule has 0 fully saturated rings. The largest absolute Gasteiger partial charge is 0.488 e. The molecule has 148 valence electrons. The van der Waals surface area contributed by atoms with Gasteiger partial charge in [-0.05, 0) is 24.3 Å². The third kappa shape index (κ3) is 4.13. The molecule has 2 aromatic carbocycles. The van der Waals surface area contributed by atoms with Crippen LogP contribution in [0.25, 0.3) is 17.5 Å². The van der Waals surface area contributed by atoms with E-state index >= 15 is 0 Å². The van der Waals surface area contributed by atoms with Crippen LogP contribution in [0, 0.1) is 0 Å². The number of alkyl halides is 3. The highest BCUT2D eigenvalue weighted by atomic mass is 19.4. The minimum absolute atomic E-state index is 0.0312. The van der Waals surface area contributed by atoms with Crippen molar-refractivity contribution in [2.45, 2.75) is 12.8 Å². The molecule has 9 heteroatoms. The van der Waals surface area contributed by atoms with Crippen molar-refractivity contribution in [2.24, 2.45) is 0 Å². The van der Waals surface area contributed by atoms with Crippen molar-refractivity contribution in [1.82, 2.24) is 10.1 Å². The van der Waals surface area contributed by atoms with Crippen LogP contribution < -0.4 is 4.74 Å². The van der Waals surface area contributed by atoms with Crippen molar-refractivity contribution >= 4 is 12.0 Å². The van der Waals surface area contributed by atoms with Gasteiger partial charge in [-0.25, -0.2) is 4.79 Å². The molecular formula is C20H13F3N2O4. The van der Waals surface area contributed by atoms with Crippen LogP contribution in [0.5, 0.6) is 5.75 Å². The maximum Gasteiger partial charge on any atom is 0.416 e. The van der Waals surface area contributed by atoms with Gasteiger partial charge in [0.25, 0.3) is 5.89 Å². The van der Waals surface area contributed by atoms with Crippen LogP contribution in [-0.2, 0) is 22.3 Å². The van der Waals surface area contributed by atoms with Crippen LogP contribution in [0.4, 0.5) is 13.2 Å². The molecule has 0 radical (unpaired) electrons. The average Bonchev–Trinajstić information content (AvgIpc) is 3.20. The minimum atomic E-state index is -4.48. The summed E-state index contributed by atoms with van der Waals surface area (Å²) in [6.07, 6.45) is -2.81. The molecule has 0 atom stereocenters. The highest BCUT2D eigenvalue weighted by molar-refractivity contribution is 5.95. The number of aromatic nitrogens is 2. The van der Waals surface area contributed by atoms with Gasteiger partial charge in [-0.15, -0.1) is 0 Å². The quantitative estimate of drug-likeness (QED) is 0.607. The summed E-state index contributed by atoms with van der Waals surface area (Å²) < 4.78 is 54.1. The predicted octanol–water partition coefficient (Wildman–Crippen LogP) is 4.27. The third-order valence-electron chi connectivity index (χ3n) is 4.14. The first-order valence-electron chi connectivity index (χ1n) is 8.50. The van der Waals surface area contributed by atoms with E-state index in [4.69, 9.17) is 14.0 Å². The number of benzene rings is 2. The molecule has 6 nitrogen and oxygen atoms in total. The zero-order valence-electron chi connectivity index (χ0n) is 14.8. The SMILES string of the molecule is O=C(OCc1nc(-c2cccc(C(F)(F)F)c2)no1)C1=Cc2ccccc2OC1. The Morgan fingerprint density at radius 2 is 1.97 bits per heavy atom. The molecule has 0 unspecified atom stereocenters. The molecule has 0 amide bonds. The van der Waals surface area contributed by atoms with Crippen molar-refractivity contribution in [2.75, 3.05) is 6.61 Å². The van der Waals surface area contributed by atoms with Gasteiger partial charge < -0.3 is 14.0 Å². The van der Waals surface area contributed by atoms with Gasteiger partial charge in [-0.3, -0.25) is 0 Å². The number of halogens is 3. The Morgan fingerprint density at radius 3 is 2.79 bits per heavy atom. The molecule has 0 bridgehead atoms. The first kappa shape index (κ1) is 18.7. The Balaban J connectivity index is 1.43. The number of hydrogen-bond donors (Lipinski definition) is 0. The van der Waals surface area contributed by atoms with Gasteiger partial charge in [0.05, 0.1) is 11.1 Å². The Bertz CT molecular complexity index is 1090. The molecule has 0 N–H and O–H groups in total. The van der Waals surface area contributed by atoms with Gasteiger partial charge in [0.15, 0.2) is 6.61 Å². The Kier molecular flexibility index (Phi) is 4.79. The lowest BCUT2D eigenvalue weighted by Crippen LogP contribution is -2.17. The second-order valence-corrected chi connectivity index (χ2v) is 6.16. The van der Waals surface area contributed by atoms with Gasteiger partial charge in [0.2, 0.25) is 5.82 Å². The summed E-state index contributed by atoms with van der Waals surface area (Å²) in [6, 6.07) is 11.8. The van der Waals surface area contributed by atoms with Crippen LogP contribution in [0.1, 0.15) is 17.0 Å². The summed E-state index contributed by atoms with van der Waals surface area (Å²) in [5.41, 5.74) is 0.398. The molecule has 0 aliphatic carbocycles. The van der Waals surface area contributed by atoms with Crippen molar-refractivity contribution in [1.29, 1.82) is 0 Å². The molecule has 4 rings (SSSR count). The van der Waals surface area contributed by atoms with E-state index in [2.05, 4.69) is 10.1 Å². The third-order valence-corrected chi connectivity index (χ3v) is 4.14. The van der Waals surface area contributed by atoms with Crippen LogP contribution in [0.2, 0.25) is 0 Å². The van der Waals surface area contributed by atoms with Crippen molar-refractivity contribution in [3.8, 4) is 17.1 Å². The Hall–Kier alpha value is -3.62. The van der Waals surface area contributed by atoms with Gasteiger partial charge >= 0.3 is 12.1 Å². The molecule has 1 aliphatic heterocycles. The fraction of sp³-hybridized carbons (Fsp3) is 0.150. The normalized spacial score (nSPS) is 13.3. The fourth-order valence-corrected chi connectivity index (χ4v) is 2.72. The van der Waals surface area contributed by atoms with E-state index in [1.165, 1.54) is 12.1 Å². The van der Waals surface area contributed by atoms with Crippen molar-refractivity contribution < 1.29 is 32.0 Å². The fourth-order valence-electron chi connectivity index (χ4n) is 2.72. The minimum Gasteiger partial charge on any atom is -0.488 e. The van der Waals surface area contributed by atoms with Crippen LogP contribution in [0.15, 0.2) is 58.6 Å². The number of ether oxygens (including phenoxy) is 2. The van der Waals surface area contributed by atoms with Gasteiger partial charge in [-0.2, -0.15) is 18.2 Å². The van der Waals surface area contributed by atoms with Crippen molar-refractivity contribution in [3.63, 3.8) is 0 Å². The lowest BCUT2D eigenvalue weighted by Gasteiger charge is -2.16. The second kappa shape index (κ2) is 7.42. The van der Waals surface area contributed by atoms with E-state index in [0.29, 0.717) is 11.3 Å². The van der Waals surface area contributed by atoms with E-state index in [-0.39, 0.29) is 30.5 Å². The maximum atomic E-state index is 12.8. The van der Waals surface area contributed by atoms with E-state index in [1.54, 1.807) is 18.2 Å². The molecule has 0 saturated carbocycles. The molecule has 0 saturated heterocycles. The van der Waals surface area contributed by atoms with Crippen LogP contribution >= 0.6 is 0 Å². The smallest absolute Gasteiger partial charge is 0.416 e. The lowest BCUT2D eigenvalue weighted by molar-refractivity contribution is -0.141. The molecule has 29 heavy (non-hydrogen) atoms. The number of carbonyl (C=O) groups is 1. The highest BCUT2D eigenvalue weighted by Gasteiger charge is 2.30. The molecule has 3 aromatic rings. The maximum absolute atomic E-state index is 12.8. The Morgan fingerprint density at radius 1 is 1.14 bits per heavy atom. The second-order valence-electron chi connectivity index (χ2n) is 6.16. The van der Waals surface area contributed by atoms with E-state index in [9.17, 15) is 18.0 Å². The molecule has 0 spiro atoms. The molecule has 1 aromatic heterocycles. The number of fused-ring (bicyclic) bond motifs is 1. The molecule has 2 heterocycles. The molecule has 1 aliphatic rings. The predicted molar refractivity (Wildman–Crippen MR) is 94.4 cm³/mol. The number of nitrogens with zero attached hydrogens (tertiary/aromatic N) is 2. The highest BCUT2D eigenvalue weighted by Crippen LogP contribution is 2.31. The summed E-state index contributed by atoms with van der Waals surface area (Å²) in [6.45, 7) is -0.251.